The van der Waals surface area contributed by atoms with E-state index in [1.807, 2.05) is 24.3 Å². The molecule has 1 heterocycles. The maximum Gasteiger partial charge on any atom is 0.287 e. The van der Waals surface area contributed by atoms with E-state index >= 15 is 0 Å². The van der Waals surface area contributed by atoms with Crippen molar-refractivity contribution < 1.29 is 9.21 Å². The molecule has 2 rings (SSSR count). The van der Waals surface area contributed by atoms with Gasteiger partial charge in [-0.05, 0) is 37.2 Å². The maximum absolute atomic E-state index is 11.9. The van der Waals surface area contributed by atoms with Crippen LogP contribution in [0.25, 0.3) is 11.3 Å². The van der Waals surface area contributed by atoms with Crippen molar-refractivity contribution >= 4 is 5.91 Å². The summed E-state index contributed by atoms with van der Waals surface area (Å²) in [6.45, 7) is 1.42. The van der Waals surface area contributed by atoms with E-state index in [-0.39, 0.29) is 5.91 Å². The lowest BCUT2D eigenvalue weighted by Crippen LogP contribution is -2.25. The Morgan fingerprint density at radius 3 is 2.59 bits per heavy atom. The maximum atomic E-state index is 11.9. The van der Waals surface area contributed by atoms with Crippen molar-refractivity contribution in [3.8, 4) is 23.2 Å². The van der Waals surface area contributed by atoms with Gasteiger partial charge in [-0.2, -0.15) is 0 Å². The lowest BCUT2D eigenvalue weighted by atomic mass is 10.1. The standard InChI is InChI=1S/C17H19N3O2/c18-10-1-3-13-4-6-14(7-5-13)15-8-9-16(22-15)17(21)20-12-2-11-19/h4-9H,2,10-12,18-19H2,(H,20,21). The quantitative estimate of drug-likeness (QED) is 0.573. The number of carbonyl (C=O) groups excluding carboxylic acids is 1. The Balaban J connectivity index is 2.06. The molecule has 0 aliphatic rings. The Kier molecular flexibility index (Phi) is 5.78. The van der Waals surface area contributed by atoms with E-state index in [9.17, 15) is 4.79 Å². The first kappa shape index (κ1) is 15.8. The lowest BCUT2D eigenvalue weighted by molar-refractivity contribution is 0.0926. The summed E-state index contributed by atoms with van der Waals surface area (Å²) in [6.07, 6.45) is 0.741. The molecule has 5 nitrogen and oxygen atoms in total. The topological polar surface area (TPSA) is 94.3 Å². The van der Waals surface area contributed by atoms with Gasteiger partial charge in [-0.3, -0.25) is 4.79 Å². The highest BCUT2D eigenvalue weighted by Gasteiger charge is 2.11. The van der Waals surface area contributed by atoms with Gasteiger partial charge in [0.05, 0.1) is 6.54 Å². The Bertz CT molecular complexity index is 678. The summed E-state index contributed by atoms with van der Waals surface area (Å²) in [5.74, 6) is 6.46. The molecule has 5 N–H and O–H groups in total. The third kappa shape index (κ3) is 4.22. The highest BCUT2D eigenvalue weighted by Crippen LogP contribution is 2.22. The second kappa shape index (κ2) is 8.03. The molecule has 0 saturated carbocycles. The van der Waals surface area contributed by atoms with Crippen molar-refractivity contribution in [1.82, 2.24) is 5.32 Å². The van der Waals surface area contributed by atoms with E-state index in [0.29, 0.717) is 31.2 Å². The van der Waals surface area contributed by atoms with Crippen molar-refractivity contribution in [1.29, 1.82) is 0 Å². The number of furan rings is 1. The average molecular weight is 297 g/mol. The zero-order valence-corrected chi connectivity index (χ0v) is 12.3. The minimum Gasteiger partial charge on any atom is -0.451 e. The van der Waals surface area contributed by atoms with E-state index in [4.69, 9.17) is 15.9 Å². The Morgan fingerprint density at radius 2 is 1.91 bits per heavy atom. The Morgan fingerprint density at radius 1 is 1.14 bits per heavy atom. The van der Waals surface area contributed by atoms with E-state index in [2.05, 4.69) is 17.2 Å². The number of nitrogens with one attached hydrogen (secondary N) is 1. The molecule has 0 spiro atoms. The van der Waals surface area contributed by atoms with Gasteiger partial charge >= 0.3 is 0 Å². The number of nitrogens with two attached hydrogens (primary N) is 2. The lowest BCUT2D eigenvalue weighted by Gasteiger charge is -2.01. The molecule has 0 bridgehead atoms. The number of hydrogen-bond donors (Lipinski definition) is 3. The van der Waals surface area contributed by atoms with Crippen LogP contribution in [0, 0.1) is 11.8 Å². The Hall–Kier alpha value is -2.55. The largest absolute Gasteiger partial charge is 0.451 e. The van der Waals surface area contributed by atoms with Gasteiger partial charge in [0.25, 0.3) is 5.91 Å². The molecular formula is C17H19N3O2. The number of hydrogen-bond acceptors (Lipinski definition) is 4. The summed E-state index contributed by atoms with van der Waals surface area (Å²) < 4.78 is 5.58. The molecule has 1 aromatic heterocycles. The fourth-order valence-corrected chi connectivity index (χ4v) is 1.88. The molecule has 22 heavy (non-hydrogen) atoms. The highest BCUT2D eigenvalue weighted by molar-refractivity contribution is 5.92. The van der Waals surface area contributed by atoms with Crippen LogP contribution in [-0.4, -0.2) is 25.5 Å². The molecule has 0 aliphatic heterocycles. The molecule has 0 atom stereocenters. The zero-order valence-electron chi connectivity index (χ0n) is 12.3. The molecule has 0 fully saturated rings. The zero-order chi connectivity index (χ0) is 15.8. The summed E-state index contributed by atoms with van der Waals surface area (Å²) >= 11 is 0. The van der Waals surface area contributed by atoms with E-state index in [0.717, 1.165) is 17.5 Å². The summed E-state index contributed by atoms with van der Waals surface area (Å²) in [5.41, 5.74) is 12.5. The smallest absolute Gasteiger partial charge is 0.287 e. The van der Waals surface area contributed by atoms with E-state index < -0.39 is 0 Å². The molecule has 1 aromatic carbocycles. The van der Waals surface area contributed by atoms with Crippen LogP contribution in [0.4, 0.5) is 0 Å². The van der Waals surface area contributed by atoms with Crippen LogP contribution in [0.5, 0.6) is 0 Å². The summed E-state index contributed by atoms with van der Waals surface area (Å²) in [6, 6.07) is 11.0. The SMILES string of the molecule is NCC#Cc1ccc(-c2ccc(C(=O)NCCCN)o2)cc1. The van der Waals surface area contributed by atoms with Crippen molar-refractivity contribution in [2.75, 3.05) is 19.6 Å². The van der Waals surface area contributed by atoms with Gasteiger partial charge in [-0.1, -0.05) is 24.0 Å². The van der Waals surface area contributed by atoms with Crippen molar-refractivity contribution in [2.45, 2.75) is 6.42 Å². The van der Waals surface area contributed by atoms with Gasteiger partial charge in [0.15, 0.2) is 5.76 Å². The van der Waals surface area contributed by atoms with Gasteiger partial charge in [-0.15, -0.1) is 0 Å². The summed E-state index contributed by atoms with van der Waals surface area (Å²) in [7, 11) is 0. The second-order valence-electron chi connectivity index (χ2n) is 4.65. The van der Waals surface area contributed by atoms with Crippen molar-refractivity contribution in [2.24, 2.45) is 11.5 Å². The predicted octanol–water partition coefficient (Wildman–Crippen LogP) is 1.34. The molecular weight excluding hydrogens is 278 g/mol. The molecule has 5 heteroatoms. The minimum absolute atomic E-state index is 0.231. The van der Waals surface area contributed by atoms with Gasteiger partial charge < -0.3 is 21.2 Å². The molecule has 1 amide bonds. The fourth-order valence-electron chi connectivity index (χ4n) is 1.88. The third-order valence-corrected chi connectivity index (χ3v) is 3.00. The summed E-state index contributed by atoms with van der Waals surface area (Å²) in [4.78, 5) is 11.9. The van der Waals surface area contributed by atoms with Crippen LogP contribution in [-0.2, 0) is 0 Å². The van der Waals surface area contributed by atoms with Crippen LogP contribution >= 0.6 is 0 Å². The van der Waals surface area contributed by atoms with Crippen molar-refractivity contribution in [3.05, 3.63) is 47.7 Å². The molecule has 0 radical (unpaired) electrons. The van der Waals surface area contributed by atoms with E-state index in [1.54, 1.807) is 12.1 Å². The first-order valence-electron chi connectivity index (χ1n) is 7.12. The second-order valence-corrected chi connectivity index (χ2v) is 4.65. The average Bonchev–Trinajstić information content (AvgIpc) is 3.03. The normalized spacial score (nSPS) is 9.91. The molecule has 0 aliphatic carbocycles. The van der Waals surface area contributed by atoms with Crippen molar-refractivity contribution in [3.63, 3.8) is 0 Å². The first-order chi connectivity index (χ1) is 10.7. The number of carbonyl (C=O) groups is 1. The van der Waals surface area contributed by atoms with Gasteiger partial charge in [0, 0.05) is 17.7 Å². The Labute approximate surface area is 129 Å². The molecule has 0 saturated heterocycles. The molecule has 114 valence electrons. The summed E-state index contributed by atoms with van der Waals surface area (Å²) in [5, 5.41) is 2.75. The van der Waals surface area contributed by atoms with Crippen LogP contribution in [0.1, 0.15) is 22.5 Å². The third-order valence-electron chi connectivity index (χ3n) is 3.00. The van der Waals surface area contributed by atoms with Gasteiger partial charge in [0.1, 0.15) is 5.76 Å². The molecule has 0 unspecified atom stereocenters. The van der Waals surface area contributed by atoms with E-state index in [1.165, 1.54) is 0 Å². The fraction of sp³-hybridized carbons (Fsp3) is 0.235. The minimum atomic E-state index is -0.231. The first-order valence-corrected chi connectivity index (χ1v) is 7.12. The van der Waals surface area contributed by atoms with Gasteiger partial charge in [-0.25, -0.2) is 0 Å². The molecule has 2 aromatic rings. The van der Waals surface area contributed by atoms with Crippen LogP contribution in [0.2, 0.25) is 0 Å². The highest BCUT2D eigenvalue weighted by atomic mass is 16.3. The van der Waals surface area contributed by atoms with Gasteiger partial charge in [0.2, 0.25) is 0 Å². The van der Waals surface area contributed by atoms with Crippen LogP contribution < -0.4 is 16.8 Å². The number of benzene rings is 1. The number of amides is 1. The van der Waals surface area contributed by atoms with Crippen LogP contribution in [0.3, 0.4) is 0 Å². The van der Waals surface area contributed by atoms with Crippen LogP contribution in [0.15, 0.2) is 40.8 Å². The number of rotatable bonds is 5. The predicted molar refractivity (Wildman–Crippen MR) is 86.1 cm³/mol. The monoisotopic (exact) mass is 297 g/mol.